The zero-order valence-electron chi connectivity index (χ0n) is 10.1. The summed E-state index contributed by atoms with van der Waals surface area (Å²) in [4.78, 5) is 18.0. The number of carbonyl (C=O) groups excluding carboxylic acids is 1. The summed E-state index contributed by atoms with van der Waals surface area (Å²) in [6, 6.07) is -0.0969. The molecule has 0 aromatic carbocycles. The first-order valence-corrected chi connectivity index (χ1v) is 6.65. The molecule has 6 heteroatoms. The van der Waals surface area contributed by atoms with Crippen LogP contribution in [0.5, 0.6) is 0 Å². The minimum absolute atomic E-state index is 0.138. The van der Waals surface area contributed by atoms with Gasteiger partial charge in [0.1, 0.15) is 6.04 Å². The first-order valence-electron chi connectivity index (χ1n) is 5.77. The molecule has 2 atom stereocenters. The minimum atomic E-state index is -0.268. The number of aromatic nitrogens is 1. The third kappa shape index (κ3) is 2.65. The first kappa shape index (κ1) is 12.5. The van der Waals surface area contributed by atoms with E-state index in [1.807, 2.05) is 6.92 Å². The molecule has 0 spiro atoms. The van der Waals surface area contributed by atoms with E-state index in [2.05, 4.69) is 27.5 Å². The Balaban J connectivity index is 2.16. The number of rotatable bonds is 3. The van der Waals surface area contributed by atoms with Gasteiger partial charge in [-0.25, -0.2) is 4.98 Å². The van der Waals surface area contributed by atoms with Crippen LogP contribution < -0.4 is 11.1 Å². The molecule has 1 aromatic heterocycles. The molecule has 0 bridgehead atoms. The lowest BCUT2D eigenvalue weighted by Crippen LogP contribution is -2.57. The third-order valence-corrected chi connectivity index (χ3v) is 3.97. The lowest BCUT2D eigenvalue weighted by atomic mass is 10.1. The van der Waals surface area contributed by atoms with E-state index in [4.69, 9.17) is 5.73 Å². The molecule has 3 N–H and O–H groups in total. The maximum absolute atomic E-state index is 11.4. The van der Waals surface area contributed by atoms with Crippen molar-refractivity contribution in [1.29, 1.82) is 0 Å². The Kier molecular flexibility index (Phi) is 3.76. The van der Waals surface area contributed by atoms with Crippen LogP contribution in [-0.4, -0.2) is 41.5 Å². The van der Waals surface area contributed by atoms with Crippen LogP contribution in [0.2, 0.25) is 0 Å². The summed E-state index contributed by atoms with van der Waals surface area (Å²) in [5.41, 5.74) is 6.47. The second kappa shape index (κ2) is 5.12. The summed E-state index contributed by atoms with van der Waals surface area (Å²) < 4.78 is 0. The fourth-order valence-corrected chi connectivity index (χ4v) is 2.89. The quantitative estimate of drug-likeness (QED) is 0.812. The highest BCUT2D eigenvalue weighted by atomic mass is 32.1. The predicted octanol–water partition coefficient (Wildman–Crippen LogP) is 0.272. The summed E-state index contributed by atoms with van der Waals surface area (Å²) >= 11 is 1.64. The van der Waals surface area contributed by atoms with Crippen molar-refractivity contribution >= 4 is 17.2 Å². The van der Waals surface area contributed by atoms with Crippen LogP contribution in [0.4, 0.5) is 0 Å². The van der Waals surface area contributed by atoms with Gasteiger partial charge in [0, 0.05) is 25.0 Å². The average Bonchev–Trinajstić information content (AvgIpc) is 2.75. The Hall–Kier alpha value is -0.980. The van der Waals surface area contributed by atoms with E-state index in [-0.39, 0.29) is 18.0 Å². The monoisotopic (exact) mass is 254 g/mol. The SMILES string of the molecule is Cc1nc(C(C)N2CCNCC2C(N)=O)cs1. The molecule has 94 valence electrons. The molecule has 0 aliphatic carbocycles. The molecule has 0 saturated carbocycles. The van der Waals surface area contributed by atoms with E-state index in [0.717, 1.165) is 23.8 Å². The van der Waals surface area contributed by atoms with Gasteiger partial charge in [-0.3, -0.25) is 9.69 Å². The van der Waals surface area contributed by atoms with Gasteiger partial charge in [0.15, 0.2) is 0 Å². The standard InChI is InChI=1S/C11H18N4OS/c1-7(9-6-17-8(2)14-9)15-4-3-13-5-10(15)11(12)16/h6-7,10,13H,3-5H2,1-2H3,(H2,12,16). The lowest BCUT2D eigenvalue weighted by Gasteiger charge is -2.37. The van der Waals surface area contributed by atoms with Crippen molar-refractivity contribution in [2.75, 3.05) is 19.6 Å². The van der Waals surface area contributed by atoms with Crippen LogP contribution in [-0.2, 0) is 4.79 Å². The average molecular weight is 254 g/mol. The molecule has 1 aliphatic rings. The molecule has 1 saturated heterocycles. The number of aryl methyl sites for hydroxylation is 1. The highest BCUT2D eigenvalue weighted by Crippen LogP contribution is 2.24. The van der Waals surface area contributed by atoms with E-state index in [1.54, 1.807) is 11.3 Å². The highest BCUT2D eigenvalue weighted by molar-refractivity contribution is 7.09. The molecule has 5 nitrogen and oxygen atoms in total. The zero-order chi connectivity index (χ0) is 12.4. The number of nitrogens with two attached hydrogens (primary N) is 1. The Labute approximate surface area is 105 Å². The number of amides is 1. The van der Waals surface area contributed by atoms with Crippen LogP contribution in [0, 0.1) is 6.92 Å². The third-order valence-electron chi connectivity index (χ3n) is 3.18. The van der Waals surface area contributed by atoms with Crippen LogP contribution >= 0.6 is 11.3 Å². The smallest absolute Gasteiger partial charge is 0.236 e. The van der Waals surface area contributed by atoms with Crippen LogP contribution in [0.25, 0.3) is 0 Å². The van der Waals surface area contributed by atoms with Gasteiger partial charge in [0.25, 0.3) is 0 Å². The fraction of sp³-hybridized carbons (Fsp3) is 0.636. The van der Waals surface area contributed by atoms with Gasteiger partial charge in [0.05, 0.1) is 16.7 Å². The number of piperazine rings is 1. The van der Waals surface area contributed by atoms with Crippen molar-refractivity contribution in [2.45, 2.75) is 25.9 Å². The normalized spacial score (nSPS) is 23.5. The molecule has 1 fully saturated rings. The van der Waals surface area contributed by atoms with E-state index < -0.39 is 0 Å². The Morgan fingerprint density at radius 2 is 2.53 bits per heavy atom. The van der Waals surface area contributed by atoms with Gasteiger partial charge in [-0.1, -0.05) is 0 Å². The van der Waals surface area contributed by atoms with Crippen molar-refractivity contribution in [2.24, 2.45) is 5.73 Å². The number of nitrogens with zero attached hydrogens (tertiary/aromatic N) is 2. The summed E-state index contributed by atoms with van der Waals surface area (Å²) in [5, 5.41) is 6.31. The van der Waals surface area contributed by atoms with Gasteiger partial charge >= 0.3 is 0 Å². The predicted molar refractivity (Wildman–Crippen MR) is 67.8 cm³/mol. The lowest BCUT2D eigenvalue weighted by molar-refractivity contribution is -0.124. The number of thiazole rings is 1. The summed E-state index contributed by atoms with van der Waals surface area (Å²) in [7, 11) is 0. The van der Waals surface area contributed by atoms with Gasteiger partial charge in [-0.2, -0.15) is 0 Å². The minimum Gasteiger partial charge on any atom is -0.368 e. The van der Waals surface area contributed by atoms with Crippen molar-refractivity contribution in [1.82, 2.24) is 15.2 Å². The second-order valence-electron chi connectivity index (χ2n) is 4.33. The molecule has 17 heavy (non-hydrogen) atoms. The van der Waals surface area contributed by atoms with Crippen molar-refractivity contribution in [3.63, 3.8) is 0 Å². The van der Waals surface area contributed by atoms with Crippen LogP contribution in [0.15, 0.2) is 5.38 Å². The topological polar surface area (TPSA) is 71.2 Å². The molecule has 2 rings (SSSR count). The Morgan fingerprint density at radius 3 is 3.12 bits per heavy atom. The maximum Gasteiger partial charge on any atom is 0.236 e. The highest BCUT2D eigenvalue weighted by Gasteiger charge is 2.31. The fourth-order valence-electron chi connectivity index (χ4n) is 2.19. The van der Waals surface area contributed by atoms with Gasteiger partial charge in [-0.05, 0) is 13.8 Å². The number of primary amides is 1. The molecule has 1 aliphatic heterocycles. The summed E-state index contributed by atoms with van der Waals surface area (Å²) in [6.07, 6.45) is 0. The van der Waals surface area contributed by atoms with Gasteiger partial charge in [-0.15, -0.1) is 11.3 Å². The summed E-state index contributed by atoms with van der Waals surface area (Å²) in [5.74, 6) is -0.268. The van der Waals surface area contributed by atoms with E-state index in [9.17, 15) is 4.79 Å². The van der Waals surface area contributed by atoms with Crippen molar-refractivity contribution in [3.8, 4) is 0 Å². The first-order chi connectivity index (χ1) is 8.09. The number of hydrogen-bond donors (Lipinski definition) is 2. The van der Waals surface area contributed by atoms with Crippen molar-refractivity contribution in [3.05, 3.63) is 16.1 Å². The zero-order valence-corrected chi connectivity index (χ0v) is 11.0. The number of hydrogen-bond acceptors (Lipinski definition) is 5. The van der Waals surface area contributed by atoms with E-state index in [0.29, 0.717) is 6.54 Å². The maximum atomic E-state index is 11.4. The molecular weight excluding hydrogens is 236 g/mol. The van der Waals surface area contributed by atoms with Crippen LogP contribution in [0.1, 0.15) is 23.7 Å². The van der Waals surface area contributed by atoms with Crippen molar-refractivity contribution < 1.29 is 4.79 Å². The second-order valence-corrected chi connectivity index (χ2v) is 5.39. The molecular formula is C11H18N4OS. The van der Waals surface area contributed by atoms with Gasteiger partial charge in [0.2, 0.25) is 5.91 Å². The molecule has 2 unspecified atom stereocenters. The Bertz CT molecular complexity index is 406. The molecule has 1 amide bonds. The number of nitrogens with one attached hydrogen (secondary N) is 1. The van der Waals surface area contributed by atoms with E-state index >= 15 is 0 Å². The van der Waals surface area contributed by atoms with E-state index in [1.165, 1.54) is 0 Å². The molecule has 0 radical (unpaired) electrons. The number of carbonyl (C=O) groups is 1. The largest absolute Gasteiger partial charge is 0.368 e. The van der Waals surface area contributed by atoms with Gasteiger partial charge < -0.3 is 11.1 Å². The molecule has 1 aromatic rings. The van der Waals surface area contributed by atoms with Crippen LogP contribution in [0.3, 0.4) is 0 Å². The molecule has 2 heterocycles. The Morgan fingerprint density at radius 1 is 1.76 bits per heavy atom. The summed E-state index contributed by atoms with van der Waals surface area (Å²) in [6.45, 7) is 6.41.